The van der Waals surface area contributed by atoms with E-state index in [1.54, 1.807) is 7.11 Å². The highest BCUT2D eigenvalue weighted by Crippen LogP contribution is 2.32. The van der Waals surface area contributed by atoms with Gasteiger partial charge in [0.05, 0.1) is 18.4 Å². The summed E-state index contributed by atoms with van der Waals surface area (Å²) in [5.74, 6) is -0.150. The number of carboxylic acids is 1. The first-order chi connectivity index (χ1) is 10.1. The number of benzene rings is 2. The van der Waals surface area contributed by atoms with Gasteiger partial charge in [0.15, 0.2) is 0 Å². The fraction of sp³-hybridized carbons (Fsp3) is 0.118. The molecule has 1 aromatic heterocycles. The molecule has 0 saturated heterocycles. The van der Waals surface area contributed by atoms with E-state index in [4.69, 9.17) is 4.74 Å². The van der Waals surface area contributed by atoms with E-state index in [0.717, 1.165) is 22.4 Å². The highest BCUT2D eigenvalue weighted by atomic mass is 16.5. The van der Waals surface area contributed by atoms with E-state index in [-0.39, 0.29) is 0 Å². The third kappa shape index (κ3) is 2.14. The normalized spacial score (nSPS) is 10.8. The lowest BCUT2D eigenvalue weighted by Gasteiger charge is -2.07. The summed E-state index contributed by atoms with van der Waals surface area (Å²) in [4.78, 5) is 14.8. The minimum atomic E-state index is -0.934. The van der Waals surface area contributed by atoms with Crippen molar-refractivity contribution in [3.8, 4) is 17.0 Å². The number of hydrogen-bond acceptors (Lipinski definition) is 2. The van der Waals surface area contributed by atoms with E-state index in [0.29, 0.717) is 16.6 Å². The van der Waals surface area contributed by atoms with Gasteiger partial charge in [0.1, 0.15) is 5.75 Å². The van der Waals surface area contributed by atoms with E-state index >= 15 is 0 Å². The van der Waals surface area contributed by atoms with Gasteiger partial charge in [-0.15, -0.1) is 0 Å². The standard InChI is InChI=1S/C17H15NO3/c1-10-9-11(7-8-14(10)21-2)16-15(17(19)20)12-5-3-4-6-13(12)18-16/h3-9,18H,1-2H3,(H,19,20). The molecule has 3 rings (SSSR count). The van der Waals surface area contributed by atoms with Gasteiger partial charge in [-0.1, -0.05) is 18.2 Å². The van der Waals surface area contributed by atoms with E-state index in [9.17, 15) is 9.90 Å². The summed E-state index contributed by atoms with van der Waals surface area (Å²) in [6.07, 6.45) is 0. The lowest BCUT2D eigenvalue weighted by molar-refractivity contribution is 0.0700. The van der Waals surface area contributed by atoms with Crippen LogP contribution in [0, 0.1) is 6.92 Å². The lowest BCUT2D eigenvalue weighted by Crippen LogP contribution is -1.98. The molecule has 0 aliphatic heterocycles. The molecule has 0 atom stereocenters. The quantitative estimate of drug-likeness (QED) is 0.766. The van der Waals surface area contributed by atoms with Gasteiger partial charge < -0.3 is 14.8 Å². The summed E-state index contributed by atoms with van der Waals surface area (Å²) in [5.41, 5.74) is 3.54. The Bertz CT molecular complexity index is 833. The summed E-state index contributed by atoms with van der Waals surface area (Å²) < 4.78 is 5.25. The maximum Gasteiger partial charge on any atom is 0.338 e. The minimum Gasteiger partial charge on any atom is -0.496 e. The first-order valence-corrected chi connectivity index (χ1v) is 6.61. The molecule has 106 valence electrons. The molecule has 0 aliphatic carbocycles. The van der Waals surface area contributed by atoms with Crippen LogP contribution in [0.4, 0.5) is 0 Å². The van der Waals surface area contributed by atoms with Crippen LogP contribution in [-0.4, -0.2) is 23.2 Å². The van der Waals surface area contributed by atoms with Crippen molar-refractivity contribution in [1.29, 1.82) is 0 Å². The second kappa shape index (κ2) is 4.98. The predicted octanol–water partition coefficient (Wildman–Crippen LogP) is 3.85. The van der Waals surface area contributed by atoms with Gasteiger partial charge in [-0.25, -0.2) is 4.79 Å². The smallest absolute Gasteiger partial charge is 0.338 e. The molecule has 0 fully saturated rings. The lowest BCUT2D eigenvalue weighted by atomic mass is 10.0. The first kappa shape index (κ1) is 13.2. The Labute approximate surface area is 122 Å². The first-order valence-electron chi connectivity index (χ1n) is 6.61. The Hall–Kier alpha value is -2.75. The Morgan fingerprint density at radius 3 is 2.62 bits per heavy atom. The SMILES string of the molecule is COc1ccc(-c2[nH]c3ccccc3c2C(=O)O)cc1C. The van der Waals surface area contributed by atoms with Crippen molar-refractivity contribution in [2.75, 3.05) is 7.11 Å². The van der Waals surface area contributed by atoms with Crippen molar-refractivity contribution in [3.05, 3.63) is 53.6 Å². The minimum absolute atomic E-state index is 0.301. The zero-order valence-electron chi connectivity index (χ0n) is 11.8. The third-order valence-corrected chi connectivity index (χ3v) is 3.60. The molecule has 0 spiro atoms. The molecule has 0 radical (unpaired) electrons. The van der Waals surface area contributed by atoms with Crippen molar-refractivity contribution in [2.45, 2.75) is 6.92 Å². The average Bonchev–Trinajstić information content (AvgIpc) is 2.86. The molecule has 0 saturated carbocycles. The van der Waals surface area contributed by atoms with Crippen molar-refractivity contribution in [1.82, 2.24) is 4.98 Å². The molecule has 4 heteroatoms. The second-order valence-electron chi connectivity index (χ2n) is 4.91. The predicted molar refractivity (Wildman–Crippen MR) is 82.0 cm³/mol. The number of aromatic carboxylic acids is 1. The molecule has 0 aliphatic rings. The van der Waals surface area contributed by atoms with Gasteiger partial charge >= 0.3 is 5.97 Å². The summed E-state index contributed by atoms with van der Waals surface area (Å²) in [6.45, 7) is 1.94. The number of nitrogens with one attached hydrogen (secondary N) is 1. The van der Waals surface area contributed by atoms with Gasteiger partial charge in [-0.2, -0.15) is 0 Å². The van der Waals surface area contributed by atoms with Crippen LogP contribution >= 0.6 is 0 Å². The Balaban J connectivity index is 2.27. The van der Waals surface area contributed by atoms with E-state index in [1.165, 1.54) is 0 Å². The molecule has 0 amide bonds. The number of methoxy groups -OCH3 is 1. The summed E-state index contributed by atoms with van der Waals surface area (Å²) in [5, 5.41) is 10.3. The molecular formula is C17H15NO3. The second-order valence-corrected chi connectivity index (χ2v) is 4.91. The maximum absolute atomic E-state index is 11.6. The average molecular weight is 281 g/mol. The molecule has 0 unspecified atom stereocenters. The Kier molecular flexibility index (Phi) is 3.14. The van der Waals surface area contributed by atoms with E-state index in [2.05, 4.69) is 4.98 Å². The van der Waals surface area contributed by atoms with Crippen LogP contribution in [0.1, 0.15) is 15.9 Å². The third-order valence-electron chi connectivity index (χ3n) is 3.60. The van der Waals surface area contributed by atoms with Crippen LogP contribution < -0.4 is 4.74 Å². The molecule has 2 N–H and O–H groups in total. The number of aromatic nitrogens is 1. The van der Waals surface area contributed by atoms with Crippen molar-refractivity contribution >= 4 is 16.9 Å². The molecule has 0 bridgehead atoms. The number of aromatic amines is 1. The van der Waals surface area contributed by atoms with Gasteiger partial charge in [0.2, 0.25) is 0 Å². The fourth-order valence-corrected chi connectivity index (χ4v) is 2.61. The molecule has 3 aromatic rings. The number of carbonyl (C=O) groups is 1. The van der Waals surface area contributed by atoms with Gasteiger partial charge in [-0.05, 0) is 42.3 Å². The number of ether oxygens (including phenoxy) is 1. The summed E-state index contributed by atoms with van der Waals surface area (Å²) in [7, 11) is 1.62. The van der Waals surface area contributed by atoms with Crippen LogP contribution in [0.25, 0.3) is 22.2 Å². The number of aryl methyl sites for hydroxylation is 1. The summed E-state index contributed by atoms with van der Waals surface area (Å²) in [6, 6.07) is 13.1. The highest BCUT2D eigenvalue weighted by molar-refractivity contribution is 6.09. The van der Waals surface area contributed by atoms with Crippen molar-refractivity contribution in [2.24, 2.45) is 0 Å². The molecule has 21 heavy (non-hydrogen) atoms. The number of hydrogen-bond donors (Lipinski definition) is 2. The fourth-order valence-electron chi connectivity index (χ4n) is 2.61. The molecule has 1 heterocycles. The number of carboxylic acid groups (broad SMARTS) is 1. The molecule has 2 aromatic carbocycles. The Morgan fingerprint density at radius 2 is 1.95 bits per heavy atom. The van der Waals surface area contributed by atoms with Gasteiger partial charge in [-0.3, -0.25) is 0 Å². The zero-order valence-corrected chi connectivity index (χ0v) is 11.8. The zero-order chi connectivity index (χ0) is 15.0. The topological polar surface area (TPSA) is 62.3 Å². The monoisotopic (exact) mass is 281 g/mol. The van der Waals surface area contributed by atoms with Crippen LogP contribution in [0.3, 0.4) is 0 Å². The number of fused-ring (bicyclic) bond motifs is 1. The number of H-pyrrole nitrogens is 1. The van der Waals surface area contributed by atoms with Crippen LogP contribution in [-0.2, 0) is 0 Å². The maximum atomic E-state index is 11.6. The van der Waals surface area contributed by atoms with Crippen molar-refractivity contribution < 1.29 is 14.6 Å². The number of rotatable bonds is 3. The van der Waals surface area contributed by atoms with Crippen LogP contribution in [0.2, 0.25) is 0 Å². The van der Waals surface area contributed by atoms with Crippen LogP contribution in [0.15, 0.2) is 42.5 Å². The molecule has 4 nitrogen and oxygen atoms in total. The Morgan fingerprint density at radius 1 is 1.19 bits per heavy atom. The van der Waals surface area contributed by atoms with Crippen LogP contribution in [0.5, 0.6) is 5.75 Å². The number of para-hydroxylation sites is 1. The van der Waals surface area contributed by atoms with Gasteiger partial charge in [0, 0.05) is 10.9 Å². The van der Waals surface area contributed by atoms with E-state index < -0.39 is 5.97 Å². The highest BCUT2D eigenvalue weighted by Gasteiger charge is 2.19. The molecular weight excluding hydrogens is 266 g/mol. The largest absolute Gasteiger partial charge is 0.496 e. The van der Waals surface area contributed by atoms with Crippen molar-refractivity contribution in [3.63, 3.8) is 0 Å². The summed E-state index contributed by atoms with van der Waals surface area (Å²) >= 11 is 0. The van der Waals surface area contributed by atoms with E-state index in [1.807, 2.05) is 49.4 Å². The van der Waals surface area contributed by atoms with Gasteiger partial charge in [0.25, 0.3) is 0 Å².